The quantitative estimate of drug-likeness (QED) is 0.753. The molecule has 1 aliphatic heterocycles. The molecule has 0 spiro atoms. The summed E-state index contributed by atoms with van der Waals surface area (Å²) in [5.41, 5.74) is 1.78. The second-order valence-corrected chi connectivity index (χ2v) is 6.16. The highest BCUT2D eigenvalue weighted by Crippen LogP contribution is 2.33. The van der Waals surface area contributed by atoms with E-state index in [1.54, 1.807) is 6.07 Å². The SMILES string of the molecule is CC(C1CCCO1)n1c(CCl)nc2cc(Cl)c(Cl)cc21. The molecule has 0 amide bonds. The predicted octanol–water partition coefficient (Wildman–Crippen LogP) is 4.82. The molecular weight excluding hydrogens is 319 g/mol. The summed E-state index contributed by atoms with van der Waals surface area (Å²) >= 11 is 18.2. The Morgan fingerprint density at radius 1 is 1.40 bits per heavy atom. The van der Waals surface area contributed by atoms with Gasteiger partial charge in [0.1, 0.15) is 5.82 Å². The van der Waals surface area contributed by atoms with Gasteiger partial charge in [-0.15, -0.1) is 11.6 Å². The van der Waals surface area contributed by atoms with Crippen molar-refractivity contribution >= 4 is 45.8 Å². The number of rotatable bonds is 3. The first-order valence-corrected chi connectivity index (χ1v) is 7.94. The summed E-state index contributed by atoms with van der Waals surface area (Å²) in [7, 11) is 0. The topological polar surface area (TPSA) is 27.1 Å². The molecule has 0 radical (unpaired) electrons. The summed E-state index contributed by atoms with van der Waals surface area (Å²) in [6.45, 7) is 2.96. The molecule has 1 aromatic carbocycles. The van der Waals surface area contributed by atoms with Crippen molar-refractivity contribution in [3.63, 3.8) is 0 Å². The Hall–Kier alpha value is -0.480. The van der Waals surface area contributed by atoms with E-state index in [0.29, 0.717) is 15.9 Å². The van der Waals surface area contributed by atoms with Crippen molar-refractivity contribution < 1.29 is 4.74 Å². The van der Waals surface area contributed by atoms with E-state index in [2.05, 4.69) is 16.5 Å². The van der Waals surface area contributed by atoms with Crippen LogP contribution in [-0.2, 0) is 10.6 Å². The van der Waals surface area contributed by atoms with Crippen LogP contribution in [0.5, 0.6) is 0 Å². The fourth-order valence-corrected chi connectivity index (χ4v) is 3.34. The van der Waals surface area contributed by atoms with Crippen LogP contribution in [0.25, 0.3) is 11.0 Å². The van der Waals surface area contributed by atoms with Crippen molar-refractivity contribution in [3.05, 3.63) is 28.0 Å². The normalized spacial score (nSPS) is 20.7. The molecule has 0 N–H and O–H groups in total. The number of aromatic nitrogens is 2. The summed E-state index contributed by atoms with van der Waals surface area (Å²) in [6, 6.07) is 3.82. The maximum atomic E-state index is 6.14. The summed E-state index contributed by atoms with van der Waals surface area (Å²) in [5.74, 6) is 1.17. The molecule has 2 heterocycles. The maximum Gasteiger partial charge on any atom is 0.125 e. The lowest BCUT2D eigenvalue weighted by Crippen LogP contribution is -2.22. The van der Waals surface area contributed by atoms with Crippen molar-refractivity contribution in [3.8, 4) is 0 Å². The molecule has 6 heteroatoms. The third kappa shape index (κ3) is 2.41. The summed E-state index contributed by atoms with van der Waals surface area (Å²) in [5, 5.41) is 1.04. The lowest BCUT2D eigenvalue weighted by molar-refractivity contribution is 0.0738. The molecule has 0 saturated carbocycles. The van der Waals surface area contributed by atoms with Gasteiger partial charge >= 0.3 is 0 Å². The third-order valence-electron chi connectivity index (χ3n) is 3.83. The number of ether oxygens (including phenoxy) is 1. The Morgan fingerprint density at radius 2 is 2.15 bits per heavy atom. The Morgan fingerprint density at radius 3 is 2.80 bits per heavy atom. The number of hydrogen-bond acceptors (Lipinski definition) is 2. The molecule has 1 aromatic heterocycles. The van der Waals surface area contributed by atoms with E-state index < -0.39 is 0 Å². The van der Waals surface area contributed by atoms with Crippen LogP contribution >= 0.6 is 34.8 Å². The number of alkyl halides is 1. The van der Waals surface area contributed by atoms with Gasteiger partial charge in [-0.1, -0.05) is 23.2 Å². The maximum absolute atomic E-state index is 6.14. The number of nitrogens with zero attached hydrogens (tertiary/aromatic N) is 2. The van der Waals surface area contributed by atoms with Crippen LogP contribution < -0.4 is 0 Å². The van der Waals surface area contributed by atoms with Crippen molar-refractivity contribution in [2.75, 3.05) is 6.61 Å². The van der Waals surface area contributed by atoms with Gasteiger partial charge in [0, 0.05) is 6.61 Å². The minimum atomic E-state index is 0.175. The van der Waals surface area contributed by atoms with E-state index in [9.17, 15) is 0 Å². The molecule has 108 valence electrons. The molecule has 2 atom stereocenters. The van der Waals surface area contributed by atoms with Crippen molar-refractivity contribution in [2.45, 2.75) is 37.8 Å². The fraction of sp³-hybridized carbons (Fsp3) is 0.500. The fourth-order valence-electron chi connectivity index (χ4n) is 2.84. The lowest BCUT2D eigenvalue weighted by Gasteiger charge is -2.22. The highest BCUT2D eigenvalue weighted by molar-refractivity contribution is 6.42. The van der Waals surface area contributed by atoms with Crippen LogP contribution in [0.15, 0.2) is 12.1 Å². The van der Waals surface area contributed by atoms with Gasteiger partial charge in [0.05, 0.1) is 39.1 Å². The van der Waals surface area contributed by atoms with Crippen molar-refractivity contribution in [2.24, 2.45) is 0 Å². The Bertz CT molecular complexity index is 635. The molecule has 0 bridgehead atoms. The first-order valence-electron chi connectivity index (χ1n) is 6.65. The molecule has 20 heavy (non-hydrogen) atoms. The van der Waals surface area contributed by atoms with Crippen LogP contribution in [0.4, 0.5) is 0 Å². The highest BCUT2D eigenvalue weighted by atomic mass is 35.5. The van der Waals surface area contributed by atoms with Gasteiger partial charge in [-0.25, -0.2) is 4.98 Å². The van der Waals surface area contributed by atoms with E-state index in [1.807, 2.05) is 6.07 Å². The van der Waals surface area contributed by atoms with Crippen LogP contribution in [-0.4, -0.2) is 22.3 Å². The van der Waals surface area contributed by atoms with Gasteiger partial charge in [-0.2, -0.15) is 0 Å². The largest absolute Gasteiger partial charge is 0.376 e. The van der Waals surface area contributed by atoms with Gasteiger partial charge in [0.15, 0.2) is 0 Å². The summed E-state index contributed by atoms with van der Waals surface area (Å²) < 4.78 is 7.92. The zero-order valence-corrected chi connectivity index (χ0v) is 13.3. The molecule has 2 aromatic rings. The van der Waals surface area contributed by atoms with Crippen LogP contribution in [0, 0.1) is 0 Å². The molecule has 2 unspecified atom stereocenters. The van der Waals surface area contributed by atoms with E-state index in [-0.39, 0.29) is 12.1 Å². The average Bonchev–Trinajstić information content (AvgIpc) is 3.06. The average molecular weight is 334 g/mol. The van der Waals surface area contributed by atoms with Crippen molar-refractivity contribution in [1.82, 2.24) is 9.55 Å². The predicted molar refractivity (Wildman–Crippen MR) is 83.0 cm³/mol. The monoisotopic (exact) mass is 332 g/mol. The number of benzene rings is 1. The van der Waals surface area contributed by atoms with E-state index in [1.165, 1.54) is 0 Å². The molecule has 1 fully saturated rings. The lowest BCUT2D eigenvalue weighted by atomic mass is 10.1. The van der Waals surface area contributed by atoms with Crippen LogP contribution in [0.1, 0.15) is 31.6 Å². The molecule has 3 rings (SSSR count). The third-order valence-corrected chi connectivity index (χ3v) is 4.80. The van der Waals surface area contributed by atoms with Gasteiger partial charge in [-0.05, 0) is 31.9 Å². The van der Waals surface area contributed by atoms with Gasteiger partial charge in [0.2, 0.25) is 0 Å². The van der Waals surface area contributed by atoms with Crippen LogP contribution in [0.3, 0.4) is 0 Å². The van der Waals surface area contributed by atoms with E-state index in [4.69, 9.17) is 39.5 Å². The zero-order valence-electron chi connectivity index (χ0n) is 11.1. The second kappa shape index (κ2) is 5.72. The highest BCUT2D eigenvalue weighted by Gasteiger charge is 2.27. The number of hydrogen-bond donors (Lipinski definition) is 0. The molecule has 1 saturated heterocycles. The second-order valence-electron chi connectivity index (χ2n) is 5.08. The molecule has 1 aliphatic rings. The minimum absolute atomic E-state index is 0.175. The standard InChI is InChI=1S/C14H15Cl3N2O/c1-8(13-3-2-4-20-13)19-12-6-10(17)9(16)5-11(12)18-14(19)7-15/h5-6,8,13H,2-4,7H2,1H3. The zero-order chi connectivity index (χ0) is 14.3. The van der Waals surface area contributed by atoms with Gasteiger partial charge in [0.25, 0.3) is 0 Å². The first-order chi connectivity index (χ1) is 9.61. The first kappa shape index (κ1) is 14.5. The van der Waals surface area contributed by atoms with E-state index in [0.717, 1.165) is 36.3 Å². The van der Waals surface area contributed by atoms with E-state index >= 15 is 0 Å². The Labute approximate surface area is 132 Å². The molecular formula is C14H15Cl3N2O. The van der Waals surface area contributed by atoms with Crippen LogP contribution in [0.2, 0.25) is 10.0 Å². The summed E-state index contributed by atoms with van der Waals surface area (Å²) in [4.78, 5) is 4.56. The molecule has 0 aliphatic carbocycles. The molecule has 3 nitrogen and oxygen atoms in total. The minimum Gasteiger partial charge on any atom is -0.376 e. The Kier molecular flexibility index (Phi) is 4.14. The number of halogens is 3. The number of imidazole rings is 1. The van der Waals surface area contributed by atoms with Gasteiger partial charge < -0.3 is 9.30 Å². The smallest absolute Gasteiger partial charge is 0.125 e. The Balaban J connectivity index is 2.13. The van der Waals surface area contributed by atoms with Gasteiger partial charge in [-0.3, -0.25) is 0 Å². The number of fused-ring (bicyclic) bond motifs is 1. The van der Waals surface area contributed by atoms with Crippen molar-refractivity contribution in [1.29, 1.82) is 0 Å². The summed E-state index contributed by atoms with van der Waals surface area (Å²) in [6.07, 6.45) is 2.36.